The van der Waals surface area contributed by atoms with E-state index in [4.69, 9.17) is 4.74 Å². The van der Waals surface area contributed by atoms with Crippen LogP contribution in [0.4, 0.5) is 27.6 Å². The molecular weight excluding hydrogens is 271 g/mol. The van der Waals surface area contributed by atoms with Gasteiger partial charge >= 0.3 is 0 Å². The van der Waals surface area contributed by atoms with Crippen LogP contribution in [0.5, 0.6) is 0 Å². The fourth-order valence-corrected chi connectivity index (χ4v) is 1.74. The maximum Gasteiger partial charge on any atom is 0.200 e. The standard InChI is InChI=1S/C11H11F5N2O/c12-6-7(13)9(15)11(10(16)8(6)14)18-3-5-4-19-2-1-17-5/h5,17-18H,1-4H2. The van der Waals surface area contributed by atoms with Crippen LogP contribution < -0.4 is 10.6 Å². The first kappa shape index (κ1) is 14.0. The highest BCUT2D eigenvalue weighted by atomic mass is 19.2. The van der Waals surface area contributed by atoms with Gasteiger partial charge in [0.25, 0.3) is 0 Å². The van der Waals surface area contributed by atoms with Crippen LogP contribution in [0.2, 0.25) is 0 Å². The van der Waals surface area contributed by atoms with Crippen LogP contribution in [0.25, 0.3) is 0 Å². The average molecular weight is 282 g/mol. The van der Waals surface area contributed by atoms with E-state index in [0.717, 1.165) is 0 Å². The molecule has 0 amide bonds. The molecule has 0 aromatic heterocycles. The summed E-state index contributed by atoms with van der Waals surface area (Å²) in [4.78, 5) is 0. The number of hydrogen-bond donors (Lipinski definition) is 2. The SMILES string of the molecule is Fc1c(F)c(F)c(NCC2COCCN2)c(F)c1F. The van der Waals surface area contributed by atoms with Crippen LogP contribution in [0.3, 0.4) is 0 Å². The van der Waals surface area contributed by atoms with Gasteiger partial charge in [0.1, 0.15) is 5.69 Å². The van der Waals surface area contributed by atoms with Crippen molar-refractivity contribution in [2.75, 3.05) is 31.6 Å². The van der Waals surface area contributed by atoms with Gasteiger partial charge in [-0.05, 0) is 0 Å². The minimum Gasteiger partial charge on any atom is -0.378 e. The van der Waals surface area contributed by atoms with Crippen LogP contribution in [0, 0.1) is 29.1 Å². The lowest BCUT2D eigenvalue weighted by Gasteiger charge is -2.24. The second-order valence-electron chi connectivity index (χ2n) is 4.05. The summed E-state index contributed by atoms with van der Waals surface area (Å²) in [6, 6.07) is -0.260. The molecule has 1 aliphatic heterocycles. The molecule has 8 heteroatoms. The zero-order valence-electron chi connectivity index (χ0n) is 9.70. The molecule has 1 unspecified atom stereocenters. The zero-order chi connectivity index (χ0) is 14.0. The topological polar surface area (TPSA) is 33.3 Å². The molecule has 0 aliphatic carbocycles. The van der Waals surface area contributed by atoms with Gasteiger partial charge in [-0.25, -0.2) is 22.0 Å². The molecule has 1 aromatic rings. The first-order valence-electron chi connectivity index (χ1n) is 5.58. The molecule has 1 saturated heterocycles. The van der Waals surface area contributed by atoms with Gasteiger partial charge in [-0.3, -0.25) is 0 Å². The summed E-state index contributed by atoms with van der Waals surface area (Å²) in [6.45, 7) is 1.35. The van der Waals surface area contributed by atoms with E-state index in [-0.39, 0.29) is 12.6 Å². The van der Waals surface area contributed by atoms with E-state index in [0.29, 0.717) is 19.8 Å². The highest BCUT2D eigenvalue weighted by Gasteiger charge is 2.26. The molecular formula is C11H11F5N2O. The molecule has 0 bridgehead atoms. The largest absolute Gasteiger partial charge is 0.378 e. The Kier molecular flexibility index (Phi) is 4.20. The summed E-state index contributed by atoms with van der Waals surface area (Å²) >= 11 is 0. The van der Waals surface area contributed by atoms with Crippen LogP contribution >= 0.6 is 0 Å². The quantitative estimate of drug-likeness (QED) is 0.504. The summed E-state index contributed by atoms with van der Waals surface area (Å²) < 4.78 is 70.4. The Morgan fingerprint density at radius 2 is 1.58 bits per heavy atom. The third-order valence-electron chi connectivity index (χ3n) is 2.73. The lowest BCUT2D eigenvalue weighted by atomic mass is 10.2. The fraction of sp³-hybridized carbons (Fsp3) is 0.455. The normalized spacial score (nSPS) is 19.5. The Morgan fingerprint density at radius 3 is 2.11 bits per heavy atom. The van der Waals surface area contributed by atoms with Crippen molar-refractivity contribution in [3.8, 4) is 0 Å². The number of rotatable bonds is 3. The highest BCUT2D eigenvalue weighted by Crippen LogP contribution is 2.26. The van der Waals surface area contributed by atoms with Gasteiger partial charge in [-0.1, -0.05) is 0 Å². The van der Waals surface area contributed by atoms with Gasteiger partial charge in [-0.15, -0.1) is 0 Å². The first-order chi connectivity index (χ1) is 9.02. The van der Waals surface area contributed by atoms with Crippen molar-refractivity contribution in [3.63, 3.8) is 0 Å². The van der Waals surface area contributed by atoms with Gasteiger partial charge in [0.2, 0.25) is 5.82 Å². The number of ether oxygens (including phenoxy) is 1. The molecule has 1 aromatic carbocycles. The van der Waals surface area contributed by atoms with Crippen molar-refractivity contribution < 1.29 is 26.7 Å². The summed E-state index contributed by atoms with van der Waals surface area (Å²) in [5, 5.41) is 5.20. The third-order valence-corrected chi connectivity index (χ3v) is 2.73. The molecule has 1 aliphatic rings. The van der Waals surface area contributed by atoms with Crippen LogP contribution in [0.1, 0.15) is 0 Å². The van der Waals surface area contributed by atoms with Crippen molar-refractivity contribution in [2.45, 2.75) is 6.04 Å². The maximum atomic E-state index is 13.3. The molecule has 19 heavy (non-hydrogen) atoms. The summed E-state index contributed by atoms with van der Waals surface area (Å²) in [5.41, 5.74) is -1.02. The predicted octanol–water partition coefficient (Wildman–Crippen LogP) is 1.78. The molecule has 3 nitrogen and oxygen atoms in total. The molecule has 2 rings (SSSR count). The second kappa shape index (κ2) is 5.70. The Bertz CT molecular complexity index is 448. The third kappa shape index (κ3) is 2.79. The van der Waals surface area contributed by atoms with Crippen molar-refractivity contribution in [1.29, 1.82) is 0 Å². The van der Waals surface area contributed by atoms with E-state index in [1.165, 1.54) is 0 Å². The average Bonchev–Trinajstić information content (AvgIpc) is 2.44. The van der Waals surface area contributed by atoms with Crippen LogP contribution in [-0.4, -0.2) is 32.3 Å². The number of halogens is 5. The Labute approximate surface area is 105 Å². The molecule has 106 valence electrons. The molecule has 1 atom stereocenters. The van der Waals surface area contributed by atoms with Gasteiger partial charge in [0.05, 0.1) is 13.2 Å². The predicted molar refractivity (Wildman–Crippen MR) is 57.3 cm³/mol. The van der Waals surface area contributed by atoms with E-state index in [9.17, 15) is 22.0 Å². The van der Waals surface area contributed by atoms with Crippen molar-refractivity contribution in [1.82, 2.24) is 5.32 Å². The lowest BCUT2D eigenvalue weighted by molar-refractivity contribution is 0.0806. The molecule has 0 saturated carbocycles. The first-order valence-corrected chi connectivity index (χ1v) is 5.58. The monoisotopic (exact) mass is 282 g/mol. The highest BCUT2D eigenvalue weighted by molar-refractivity contribution is 5.47. The Morgan fingerprint density at radius 1 is 1.00 bits per heavy atom. The minimum atomic E-state index is -2.17. The summed E-state index contributed by atoms with van der Waals surface area (Å²) in [7, 11) is 0. The molecule has 1 fully saturated rings. The number of benzene rings is 1. The molecule has 0 spiro atoms. The lowest BCUT2D eigenvalue weighted by Crippen LogP contribution is -2.45. The van der Waals surface area contributed by atoms with Crippen molar-refractivity contribution in [2.24, 2.45) is 0 Å². The Balaban J connectivity index is 2.15. The summed E-state index contributed by atoms with van der Waals surface area (Å²) in [5.74, 6) is -9.83. The number of nitrogens with one attached hydrogen (secondary N) is 2. The van der Waals surface area contributed by atoms with Crippen molar-refractivity contribution >= 4 is 5.69 Å². The van der Waals surface area contributed by atoms with Gasteiger partial charge in [0.15, 0.2) is 23.3 Å². The Hall–Kier alpha value is -1.41. The van der Waals surface area contributed by atoms with Crippen LogP contribution in [0.15, 0.2) is 0 Å². The molecule has 0 radical (unpaired) electrons. The van der Waals surface area contributed by atoms with Gasteiger partial charge in [0, 0.05) is 19.1 Å². The van der Waals surface area contributed by atoms with E-state index in [1.807, 2.05) is 0 Å². The van der Waals surface area contributed by atoms with Crippen LogP contribution in [-0.2, 0) is 4.74 Å². The second-order valence-corrected chi connectivity index (χ2v) is 4.05. The number of hydrogen-bond acceptors (Lipinski definition) is 3. The van der Waals surface area contributed by atoms with E-state index in [2.05, 4.69) is 10.6 Å². The maximum absolute atomic E-state index is 13.3. The molecule has 2 N–H and O–H groups in total. The van der Waals surface area contributed by atoms with E-state index >= 15 is 0 Å². The zero-order valence-corrected chi connectivity index (χ0v) is 9.70. The van der Waals surface area contributed by atoms with E-state index in [1.54, 1.807) is 0 Å². The van der Waals surface area contributed by atoms with Gasteiger partial charge in [-0.2, -0.15) is 0 Å². The van der Waals surface area contributed by atoms with Gasteiger partial charge < -0.3 is 15.4 Å². The number of anilines is 1. The summed E-state index contributed by atoms with van der Waals surface area (Å²) in [6.07, 6.45) is 0. The van der Waals surface area contributed by atoms with Crippen molar-refractivity contribution in [3.05, 3.63) is 29.1 Å². The molecule has 1 heterocycles. The minimum absolute atomic E-state index is 0.0155. The fourth-order valence-electron chi connectivity index (χ4n) is 1.74. The number of morpholine rings is 1. The van der Waals surface area contributed by atoms with E-state index < -0.39 is 34.8 Å². The smallest absolute Gasteiger partial charge is 0.200 e.